The summed E-state index contributed by atoms with van der Waals surface area (Å²) >= 11 is 0. The highest BCUT2D eigenvalue weighted by Crippen LogP contribution is 2.40. The Labute approximate surface area is 181 Å². The van der Waals surface area contributed by atoms with Crippen LogP contribution >= 0.6 is 0 Å². The lowest BCUT2D eigenvalue weighted by atomic mass is 10.0. The molecule has 3 aromatic rings. The maximum Gasteiger partial charge on any atom is 0.434 e. The third-order valence-electron chi connectivity index (χ3n) is 5.96. The van der Waals surface area contributed by atoms with Gasteiger partial charge in [0.25, 0.3) is 5.91 Å². The van der Waals surface area contributed by atoms with Gasteiger partial charge in [-0.2, -0.15) is 13.2 Å². The molecule has 0 aromatic carbocycles. The Balaban J connectivity index is 1.35. The highest BCUT2D eigenvalue weighted by molar-refractivity contribution is 6.00. The monoisotopic (exact) mass is 440 g/mol. The highest BCUT2D eigenvalue weighted by atomic mass is 19.4. The molecule has 0 radical (unpaired) electrons. The smallest absolute Gasteiger partial charge is 0.364 e. The minimum Gasteiger partial charge on any atom is -0.364 e. The average molecular weight is 440 g/mol. The third kappa shape index (κ3) is 3.76. The van der Waals surface area contributed by atoms with Gasteiger partial charge in [-0.05, 0) is 43.0 Å². The van der Waals surface area contributed by atoms with Gasteiger partial charge in [-0.15, -0.1) is 0 Å². The van der Waals surface area contributed by atoms with E-state index >= 15 is 0 Å². The number of nitrogens with zero attached hydrogens (tertiary/aromatic N) is 5. The van der Waals surface area contributed by atoms with Gasteiger partial charge in [-0.1, -0.05) is 6.07 Å². The molecule has 1 aliphatic heterocycles. The van der Waals surface area contributed by atoms with Gasteiger partial charge in [0.15, 0.2) is 5.69 Å². The maximum absolute atomic E-state index is 13.5. The molecule has 3 atom stereocenters. The molecule has 32 heavy (non-hydrogen) atoms. The number of rotatable bonds is 4. The number of fused-ring (bicyclic) bond motifs is 2. The molecular weight excluding hydrogens is 421 g/mol. The van der Waals surface area contributed by atoms with E-state index in [4.69, 9.17) is 0 Å². The number of halogens is 3. The molecule has 2 aliphatic rings. The molecular formula is C22H19F3N6O. The first kappa shape index (κ1) is 20.3. The van der Waals surface area contributed by atoms with Gasteiger partial charge >= 0.3 is 6.18 Å². The summed E-state index contributed by atoms with van der Waals surface area (Å²) in [6.45, 7) is 0.636. The molecule has 7 nitrogen and oxygen atoms in total. The molecule has 3 aromatic heterocycles. The van der Waals surface area contributed by atoms with Crippen molar-refractivity contribution < 1.29 is 18.0 Å². The number of piperidine rings is 1. The number of pyridine rings is 2. The fourth-order valence-corrected chi connectivity index (χ4v) is 4.59. The first-order valence-electron chi connectivity index (χ1n) is 10.2. The van der Waals surface area contributed by atoms with Gasteiger partial charge in [0, 0.05) is 25.0 Å². The topological polar surface area (TPSA) is 83.9 Å². The van der Waals surface area contributed by atoms with E-state index in [2.05, 4.69) is 25.3 Å². The number of hydrogen-bond donors (Lipinski definition) is 1. The van der Waals surface area contributed by atoms with Crippen LogP contribution in [0.1, 0.15) is 28.9 Å². The van der Waals surface area contributed by atoms with Crippen molar-refractivity contribution in [2.75, 3.05) is 11.9 Å². The van der Waals surface area contributed by atoms with Crippen molar-refractivity contribution in [3.05, 3.63) is 66.4 Å². The summed E-state index contributed by atoms with van der Waals surface area (Å²) in [6, 6.07) is 8.72. The Morgan fingerprint density at radius 3 is 2.53 bits per heavy atom. The second-order valence-electron chi connectivity index (χ2n) is 8.01. The normalized spacial score (nSPS) is 22.2. The van der Waals surface area contributed by atoms with E-state index in [1.807, 2.05) is 17.0 Å². The van der Waals surface area contributed by atoms with Gasteiger partial charge in [0.1, 0.15) is 11.5 Å². The predicted molar refractivity (Wildman–Crippen MR) is 109 cm³/mol. The summed E-state index contributed by atoms with van der Waals surface area (Å²) in [7, 11) is 0. The number of aromatic nitrogens is 4. The Bertz CT molecular complexity index is 1120. The fourth-order valence-electron chi connectivity index (χ4n) is 4.59. The zero-order chi connectivity index (χ0) is 22.3. The first-order valence-corrected chi connectivity index (χ1v) is 10.2. The van der Waals surface area contributed by atoms with E-state index in [0.29, 0.717) is 35.6 Å². The highest BCUT2D eigenvalue weighted by Gasteiger charge is 2.47. The van der Waals surface area contributed by atoms with Crippen molar-refractivity contribution in [1.29, 1.82) is 0 Å². The van der Waals surface area contributed by atoms with Crippen LogP contribution in [0.5, 0.6) is 0 Å². The van der Waals surface area contributed by atoms with Gasteiger partial charge in [0.2, 0.25) is 0 Å². The van der Waals surface area contributed by atoms with E-state index in [9.17, 15) is 18.0 Å². The van der Waals surface area contributed by atoms with Crippen molar-refractivity contribution in [2.45, 2.75) is 31.1 Å². The lowest BCUT2D eigenvalue weighted by Gasteiger charge is -2.34. The van der Waals surface area contributed by atoms with Gasteiger partial charge < -0.3 is 10.2 Å². The third-order valence-corrected chi connectivity index (χ3v) is 5.96. The van der Waals surface area contributed by atoms with Gasteiger partial charge in [-0.25, -0.2) is 9.97 Å². The Hall–Kier alpha value is -3.56. The number of nitrogens with one attached hydrogen (secondary N) is 1. The van der Waals surface area contributed by atoms with E-state index < -0.39 is 11.9 Å². The molecule has 5 rings (SSSR count). The predicted octanol–water partition coefficient (Wildman–Crippen LogP) is 3.67. The van der Waals surface area contributed by atoms with E-state index in [-0.39, 0.29) is 23.8 Å². The average Bonchev–Trinajstić information content (AvgIpc) is 3.40. The molecule has 10 heteroatoms. The quantitative estimate of drug-likeness (QED) is 0.667. The Morgan fingerprint density at radius 1 is 1.00 bits per heavy atom. The summed E-state index contributed by atoms with van der Waals surface area (Å²) in [5.41, 5.74) is 0.591. The summed E-state index contributed by atoms with van der Waals surface area (Å²) < 4.78 is 38.2. The number of amides is 1. The molecule has 0 spiro atoms. The van der Waals surface area contributed by atoms with Crippen LogP contribution in [0.3, 0.4) is 0 Å². The summed E-state index contributed by atoms with van der Waals surface area (Å²) in [4.78, 5) is 31.3. The maximum atomic E-state index is 13.5. The minimum atomic E-state index is -4.53. The van der Waals surface area contributed by atoms with E-state index in [1.165, 1.54) is 0 Å². The van der Waals surface area contributed by atoms with E-state index in [0.717, 1.165) is 19.0 Å². The molecule has 1 N–H and O–H groups in total. The standard InChI is InChI=1S/C22H19F3N6O/c23-22(24,25)18-10-29-19(11-28-18)30-16-8-13-9-17(16)31(12-13)21(32)14-4-3-7-27-20(14)15-5-1-2-6-26-15/h1-7,10-11,13,16-17H,8-9,12H2,(H,29,30)/t13-,16+,17-/m0/s1. The number of carbonyl (C=O) groups excluding carboxylic acids is 1. The molecule has 0 unspecified atom stereocenters. The fraction of sp³-hybridized carbons (Fsp3) is 0.318. The van der Waals surface area contributed by atoms with Gasteiger partial charge in [-0.3, -0.25) is 14.8 Å². The zero-order valence-corrected chi connectivity index (χ0v) is 16.8. The van der Waals surface area contributed by atoms with Crippen LogP contribution in [-0.4, -0.2) is 49.4 Å². The molecule has 4 heterocycles. The van der Waals surface area contributed by atoms with Crippen molar-refractivity contribution >= 4 is 11.7 Å². The lowest BCUT2D eigenvalue weighted by Crippen LogP contribution is -2.48. The van der Waals surface area contributed by atoms with Crippen LogP contribution in [0.25, 0.3) is 11.4 Å². The summed E-state index contributed by atoms with van der Waals surface area (Å²) in [5.74, 6) is 0.452. The van der Waals surface area contributed by atoms with Crippen LogP contribution in [0, 0.1) is 5.92 Å². The van der Waals surface area contributed by atoms with Crippen molar-refractivity contribution in [1.82, 2.24) is 24.8 Å². The number of hydrogen-bond acceptors (Lipinski definition) is 6. The molecule has 1 amide bonds. The van der Waals surface area contributed by atoms with Crippen LogP contribution in [-0.2, 0) is 6.18 Å². The Kier molecular flexibility index (Phi) is 4.99. The number of carbonyl (C=O) groups is 1. The molecule has 164 valence electrons. The van der Waals surface area contributed by atoms with Crippen LogP contribution in [0.15, 0.2) is 55.1 Å². The zero-order valence-electron chi connectivity index (χ0n) is 16.8. The van der Waals surface area contributed by atoms with Crippen molar-refractivity contribution in [3.63, 3.8) is 0 Å². The summed E-state index contributed by atoms with van der Waals surface area (Å²) in [5, 5.41) is 3.17. The molecule has 1 aliphatic carbocycles. The molecule has 1 saturated heterocycles. The summed E-state index contributed by atoms with van der Waals surface area (Å²) in [6.07, 6.45) is 2.20. The van der Waals surface area contributed by atoms with Crippen molar-refractivity contribution in [2.24, 2.45) is 5.92 Å². The molecule has 2 bridgehead atoms. The number of anilines is 1. The SMILES string of the molecule is O=C(c1cccnc1-c1ccccn1)N1C[C@H]2C[C@@H](Nc3cnc(C(F)(F)F)cn3)[C@@H]1C2. The second kappa shape index (κ2) is 7.85. The number of likely N-dealkylation sites (tertiary alicyclic amines) is 1. The van der Waals surface area contributed by atoms with E-state index in [1.54, 1.807) is 30.6 Å². The van der Waals surface area contributed by atoms with Crippen LogP contribution in [0.2, 0.25) is 0 Å². The van der Waals surface area contributed by atoms with Crippen LogP contribution in [0.4, 0.5) is 19.0 Å². The Morgan fingerprint density at radius 2 is 1.84 bits per heavy atom. The molecule has 2 fully saturated rings. The first-order chi connectivity index (χ1) is 15.4. The van der Waals surface area contributed by atoms with Gasteiger partial charge in [0.05, 0.1) is 29.7 Å². The van der Waals surface area contributed by atoms with Crippen LogP contribution < -0.4 is 5.32 Å². The lowest BCUT2D eigenvalue weighted by molar-refractivity contribution is -0.141. The number of alkyl halides is 3. The van der Waals surface area contributed by atoms with Crippen molar-refractivity contribution in [3.8, 4) is 11.4 Å². The molecule has 1 saturated carbocycles. The minimum absolute atomic E-state index is 0.0895. The largest absolute Gasteiger partial charge is 0.434 e. The second-order valence-corrected chi connectivity index (χ2v) is 8.01.